The number of rotatable bonds is 3. The van der Waals surface area contributed by atoms with Gasteiger partial charge in [0.25, 0.3) is 5.92 Å². The molecule has 1 N–H and O–H groups in total. The summed E-state index contributed by atoms with van der Waals surface area (Å²) in [5, 5.41) is 2.90. The van der Waals surface area contributed by atoms with E-state index in [4.69, 9.17) is 0 Å². The Kier molecular flexibility index (Phi) is 3.09. The molecule has 0 aromatic rings. The summed E-state index contributed by atoms with van der Waals surface area (Å²) in [7, 11) is 0. The third-order valence-corrected chi connectivity index (χ3v) is 2.65. The monoisotopic (exact) mass is 206 g/mol. The fourth-order valence-corrected chi connectivity index (χ4v) is 1.64. The summed E-state index contributed by atoms with van der Waals surface area (Å²) in [6.45, 7) is 4.26. The van der Waals surface area contributed by atoms with Gasteiger partial charge in [-0.15, -0.1) is 0 Å². The highest BCUT2D eigenvalue weighted by Gasteiger charge is 2.42. The van der Waals surface area contributed by atoms with Gasteiger partial charge in [0, 0.05) is 6.92 Å². The summed E-state index contributed by atoms with van der Waals surface area (Å²) in [5.41, 5.74) is 0. The Balaban J connectivity index is 2.78. The maximum absolute atomic E-state index is 13.0. The average Bonchev–Trinajstić information content (AvgIpc) is 2.43. The van der Waals surface area contributed by atoms with E-state index in [-0.39, 0.29) is 18.6 Å². The van der Waals surface area contributed by atoms with E-state index >= 15 is 0 Å². The first-order valence-corrected chi connectivity index (χ1v) is 4.80. The minimum atomic E-state index is -2.85. The maximum atomic E-state index is 13.0. The SMILES string of the molecule is CCC1NCC(=O)N1C(C)C(C)(F)F. The van der Waals surface area contributed by atoms with E-state index in [1.54, 1.807) is 0 Å². The molecule has 1 fully saturated rings. The van der Waals surface area contributed by atoms with Crippen LogP contribution in [0.1, 0.15) is 27.2 Å². The van der Waals surface area contributed by atoms with E-state index in [2.05, 4.69) is 5.32 Å². The molecule has 0 aliphatic carbocycles. The van der Waals surface area contributed by atoms with Gasteiger partial charge in [0.15, 0.2) is 0 Å². The van der Waals surface area contributed by atoms with Crippen LogP contribution in [0.4, 0.5) is 8.78 Å². The van der Waals surface area contributed by atoms with E-state index in [1.165, 1.54) is 11.8 Å². The largest absolute Gasteiger partial charge is 0.317 e. The molecule has 82 valence electrons. The number of nitrogens with one attached hydrogen (secondary N) is 1. The summed E-state index contributed by atoms with van der Waals surface area (Å²) in [6.07, 6.45) is 0.398. The molecule has 2 unspecified atom stereocenters. The molecule has 0 spiro atoms. The molecule has 1 heterocycles. The Morgan fingerprint density at radius 3 is 2.71 bits per heavy atom. The van der Waals surface area contributed by atoms with Gasteiger partial charge in [0.05, 0.1) is 18.8 Å². The number of carbonyl (C=O) groups excluding carboxylic acids is 1. The smallest absolute Gasteiger partial charge is 0.265 e. The Labute approximate surface area is 82.5 Å². The minimum absolute atomic E-state index is 0.166. The molecule has 3 nitrogen and oxygen atoms in total. The second kappa shape index (κ2) is 3.81. The molecule has 0 radical (unpaired) electrons. The molecule has 2 atom stereocenters. The van der Waals surface area contributed by atoms with Crippen molar-refractivity contribution < 1.29 is 13.6 Å². The molecule has 0 aromatic carbocycles. The summed E-state index contributed by atoms with van der Waals surface area (Å²) in [5.74, 6) is -3.10. The van der Waals surface area contributed by atoms with Crippen molar-refractivity contribution in [3.05, 3.63) is 0 Å². The number of amides is 1. The summed E-state index contributed by atoms with van der Waals surface area (Å²) >= 11 is 0. The standard InChI is InChI=1S/C9H16F2N2O/c1-4-7-12-5-8(14)13(7)6(2)9(3,10)11/h6-7,12H,4-5H2,1-3H3. The van der Waals surface area contributed by atoms with E-state index in [0.29, 0.717) is 6.42 Å². The fraction of sp³-hybridized carbons (Fsp3) is 0.889. The van der Waals surface area contributed by atoms with E-state index in [9.17, 15) is 13.6 Å². The molecule has 0 aromatic heterocycles. The molecule has 1 aliphatic rings. The highest BCUT2D eigenvalue weighted by Crippen LogP contribution is 2.25. The van der Waals surface area contributed by atoms with Crippen LogP contribution in [-0.2, 0) is 4.79 Å². The highest BCUT2D eigenvalue weighted by atomic mass is 19.3. The zero-order chi connectivity index (χ0) is 10.9. The van der Waals surface area contributed by atoms with Crippen LogP contribution < -0.4 is 5.32 Å². The third-order valence-electron chi connectivity index (χ3n) is 2.65. The molecule has 1 amide bonds. The quantitative estimate of drug-likeness (QED) is 0.752. The van der Waals surface area contributed by atoms with Crippen molar-refractivity contribution >= 4 is 5.91 Å². The van der Waals surface area contributed by atoms with Gasteiger partial charge in [-0.3, -0.25) is 10.1 Å². The first-order valence-electron chi connectivity index (χ1n) is 4.80. The second-order valence-corrected chi connectivity index (χ2v) is 3.74. The van der Waals surface area contributed by atoms with Gasteiger partial charge in [-0.05, 0) is 13.3 Å². The summed E-state index contributed by atoms with van der Waals surface area (Å²) in [6, 6.07) is -1.05. The lowest BCUT2D eigenvalue weighted by Gasteiger charge is -2.33. The van der Waals surface area contributed by atoms with Crippen molar-refractivity contribution in [2.75, 3.05) is 6.54 Å². The Bertz CT molecular complexity index is 227. The zero-order valence-corrected chi connectivity index (χ0v) is 8.68. The molecule has 1 aliphatic heterocycles. The number of alkyl halides is 2. The van der Waals surface area contributed by atoms with E-state index in [1.807, 2.05) is 6.92 Å². The lowest BCUT2D eigenvalue weighted by Crippen LogP contribution is -2.50. The molecule has 5 heteroatoms. The molecule has 0 bridgehead atoms. The van der Waals surface area contributed by atoms with Crippen molar-refractivity contribution in [3.8, 4) is 0 Å². The number of carbonyl (C=O) groups is 1. The van der Waals surface area contributed by atoms with Crippen molar-refractivity contribution in [1.82, 2.24) is 10.2 Å². The predicted octanol–water partition coefficient (Wildman–Crippen LogP) is 1.20. The molecular weight excluding hydrogens is 190 g/mol. The molecular formula is C9H16F2N2O. The van der Waals surface area contributed by atoms with Crippen molar-refractivity contribution in [2.24, 2.45) is 0 Å². The van der Waals surface area contributed by atoms with Gasteiger partial charge in [0.1, 0.15) is 0 Å². The zero-order valence-electron chi connectivity index (χ0n) is 8.68. The number of nitrogens with zero attached hydrogens (tertiary/aromatic N) is 1. The van der Waals surface area contributed by atoms with Crippen LogP contribution in [-0.4, -0.2) is 35.5 Å². The van der Waals surface area contributed by atoms with Crippen LogP contribution in [0.5, 0.6) is 0 Å². The number of hydrogen-bond acceptors (Lipinski definition) is 2. The molecule has 0 saturated carbocycles. The highest BCUT2D eigenvalue weighted by molar-refractivity contribution is 5.81. The van der Waals surface area contributed by atoms with Crippen LogP contribution >= 0.6 is 0 Å². The molecule has 1 saturated heterocycles. The molecule has 14 heavy (non-hydrogen) atoms. The average molecular weight is 206 g/mol. The normalized spacial score (nSPS) is 25.6. The van der Waals surface area contributed by atoms with Gasteiger partial charge in [-0.2, -0.15) is 0 Å². The van der Waals surface area contributed by atoms with Crippen LogP contribution in [0, 0.1) is 0 Å². The van der Waals surface area contributed by atoms with Crippen molar-refractivity contribution in [2.45, 2.75) is 45.3 Å². The minimum Gasteiger partial charge on any atom is -0.317 e. The topological polar surface area (TPSA) is 32.3 Å². The summed E-state index contributed by atoms with van der Waals surface area (Å²) in [4.78, 5) is 12.6. The van der Waals surface area contributed by atoms with Gasteiger partial charge in [0.2, 0.25) is 5.91 Å². The first kappa shape index (κ1) is 11.4. The fourth-order valence-electron chi connectivity index (χ4n) is 1.64. The van der Waals surface area contributed by atoms with Crippen LogP contribution in [0.3, 0.4) is 0 Å². The van der Waals surface area contributed by atoms with Crippen molar-refractivity contribution in [3.63, 3.8) is 0 Å². The maximum Gasteiger partial charge on any atom is 0.265 e. The van der Waals surface area contributed by atoms with Crippen molar-refractivity contribution in [1.29, 1.82) is 0 Å². The second-order valence-electron chi connectivity index (χ2n) is 3.74. The van der Waals surface area contributed by atoms with Gasteiger partial charge >= 0.3 is 0 Å². The number of halogens is 2. The Morgan fingerprint density at radius 1 is 1.71 bits per heavy atom. The van der Waals surface area contributed by atoms with Gasteiger partial charge in [-0.25, -0.2) is 8.78 Å². The van der Waals surface area contributed by atoms with Gasteiger partial charge < -0.3 is 4.90 Å². The van der Waals surface area contributed by atoms with Gasteiger partial charge in [-0.1, -0.05) is 6.92 Å². The van der Waals surface area contributed by atoms with Crippen LogP contribution in [0.2, 0.25) is 0 Å². The van der Waals surface area contributed by atoms with Crippen LogP contribution in [0.15, 0.2) is 0 Å². The van der Waals surface area contributed by atoms with Crippen LogP contribution in [0.25, 0.3) is 0 Å². The lowest BCUT2D eigenvalue weighted by atomic mass is 10.1. The predicted molar refractivity (Wildman–Crippen MR) is 49.0 cm³/mol. The molecule has 1 rings (SSSR count). The number of hydrogen-bond donors (Lipinski definition) is 1. The third kappa shape index (κ3) is 2.03. The first-order chi connectivity index (χ1) is 6.38. The Morgan fingerprint density at radius 2 is 2.29 bits per heavy atom. The lowest BCUT2D eigenvalue weighted by molar-refractivity contribution is -0.139. The van der Waals surface area contributed by atoms with E-state index < -0.39 is 12.0 Å². The Hall–Kier alpha value is -0.710. The van der Waals surface area contributed by atoms with E-state index in [0.717, 1.165) is 6.92 Å². The summed E-state index contributed by atoms with van der Waals surface area (Å²) < 4.78 is 26.1.